The maximum absolute atomic E-state index is 13.7. The highest BCUT2D eigenvalue weighted by Crippen LogP contribution is 2.43. The van der Waals surface area contributed by atoms with Gasteiger partial charge in [0.15, 0.2) is 18.6 Å². The number of H-pyrrole nitrogens is 1. The highest BCUT2D eigenvalue weighted by atomic mass is 16.7. The third kappa shape index (κ3) is 26.8. The van der Waals surface area contributed by atoms with Crippen LogP contribution in [-0.2, 0) is 38.9 Å². The topological polar surface area (TPSA) is 187 Å². The average Bonchev–Trinajstić information content (AvgIpc) is 2.21. The Kier molecular flexibility index (Phi) is 37.9. The van der Waals surface area contributed by atoms with Gasteiger partial charge >= 0.3 is 11.8 Å². The minimum Gasteiger partial charge on any atom is -0.497 e. The van der Waals surface area contributed by atoms with Crippen LogP contribution in [0.1, 0.15) is 249 Å². The van der Waals surface area contributed by atoms with Crippen molar-refractivity contribution in [2.75, 3.05) is 47.3 Å². The van der Waals surface area contributed by atoms with Crippen molar-refractivity contribution in [1.82, 2.24) is 15.0 Å². The van der Waals surface area contributed by atoms with Gasteiger partial charge in [0.1, 0.15) is 42.0 Å². The summed E-state index contributed by atoms with van der Waals surface area (Å²) in [5.41, 5.74) is 2.77. The van der Waals surface area contributed by atoms with Crippen LogP contribution < -0.4 is 26.2 Å². The van der Waals surface area contributed by atoms with Crippen LogP contribution in [0.5, 0.6) is 11.5 Å². The number of rotatable bonds is 52. The fourth-order valence-corrected chi connectivity index (χ4v) is 11.6. The summed E-state index contributed by atoms with van der Waals surface area (Å²) in [5, 5.41) is 12.6. The van der Waals surface area contributed by atoms with Crippen molar-refractivity contribution in [2.24, 2.45) is 0 Å². The number of carbonyl (C=O) groups excluding carboxylic acids is 1. The average molecular weight is 1230 g/mol. The molecule has 0 bridgehead atoms. The second-order valence-corrected chi connectivity index (χ2v) is 24.0. The normalized spacial score (nSPS) is 16.6. The smallest absolute Gasteiger partial charge is 0.497 e. The SMILES string of the molecule is CCCCCCCCCCCCCCCCOC(COC(=O)OCCCCCC)C(NO[C@@H]1[C@H](O)[C@@H](COC(c2ccccc2)(c2ccc(OC)cc2)c2ccc(OC)cc2)O[C@H]1n1ccc(=O)[nH]c1=O)OCCCCCCCCCCCCCCCC. The summed E-state index contributed by atoms with van der Waals surface area (Å²) < 4.78 is 50.7. The number of ether oxygens (including phenoxy) is 8. The van der Waals surface area contributed by atoms with E-state index in [0.29, 0.717) is 24.7 Å². The minimum atomic E-state index is -1.43. The molecule has 88 heavy (non-hydrogen) atoms. The van der Waals surface area contributed by atoms with Crippen molar-refractivity contribution in [3.05, 3.63) is 129 Å². The zero-order chi connectivity index (χ0) is 62.7. The lowest BCUT2D eigenvalue weighted by atomic mass is 9.80. The van der Waals surface area contributed by atoms with Gasteiger partial charge in [-0.1, -0.05) is 262 Å². The second-order valence-electron chi connectivity index (χ2n) is 24.0. The molecule has 3 N–H and O–H groups in total. The van der Waals surface area contributed by atoms with Gasteiger partial charge in [-0.3, -0.25) is 19.2 Å². The number of hydrogen-bond donors (Lipinski definition) is 3. The molecule has 4 aromatic rings. The van der Waals surface area contributed by atoms with Crippen LogP contribution in [-0.4, -0.2) is 98.7 Å². The van der Waals surface area contributed by atoms with Gasteiger partial charge in [0.2, 0.25) is 0 Å². The molecule has 5 rings (SSSR count). The lowest BCUT2D eigenvalue weighted by Crippen LogP contribution is -2.50. The van der Waals surface area contributed by atoms with Crippen LogP contribution in [0.2, 0.25) is 0 Å². The molecule has 0 spiro atoms. The molecule has 3 aromatic carbocycles. The summed E-state index contributed by atoms with van der Waals surface area (Å²) in [5.74, 6) is 1.32. The molecule has 0 aliphatic carbocycles. The Hall–Kier alpha value is -5.07. The van der Waals surface area contributed by atoms with Crippen LogP contribution in [0.15, 0.2) is 101 Å². The number of aromatic nitrogens is 2. The summed E-state index contributed by atoms with van der Waals surface area (Å²) in [4.78, 5) is 48.2. The first-order valence-electron chi connectivity index (χ1n) is 34.3. The molecule has 494 valence electrons. The van der Waals surface area contributed by atoms with Gasteiger partial charge in [-0.05, 0) is 60.2 Å². The monoisotopic (exact) mass is 1230 g/mol. The number of hydrogen-bond acceptors (Lipinski definition) is 14. The number of benzene rings is 3. The summed E-state index contributed by atoms with van der Waals surface area (Å²) in [6, 6.07) is 26.2. The number of unbranched alkanes of at least 4 members (excludes halogenated alkanes) is 29. The van der Waals surface area contributed by atoms with Gasteiger partial charge in [-0.2, -0.15) is 5.48 Å². The van der Waals surface area contributed by atoms with E-state index < -0.39 is 59.9 Å². The molecule has 1 saturated heterocycles. The van der Waals surface area contributed by atoms with E-state index in [2.05, 4.69) is 31.2 Å². The molecule has 6 atom stereocenters. The number of hydroxylamine groups is 1. The van der Waals surface area contributed by atoms with E-state index in [0.717, 1.165) is 87.3 Å². The van der Waals surface area contributed by atoms with E-state index in [9.17, 15) is 19.5 Å². The molecular formula is C72H113N3O13. The zero-order valence-electron chi connectivity index (χ0n) is 54.6. The van der Waals surface area contributed by atoms with E-state index in [-0.39, 0.29) is 19.8 Å². The van der Waals surface area contributed by atoms with Crippen molar-refractivity contribution >= 4 is 6.16 Å². The predicted molar refractivity (Wildman–Crippen MR) is 349 cm³/mol. The lowest BCUT2D eigenvalue weighted by molar-refractivity contribution is -0.199. The number of aromatic amines is 1. The lowest BCUT2D eigenvalue weighted by Gasteiger charge is -2.37. The standard InChI is InChI=1S/C72H113N3O13/c1-6-9-12-15-17-19-21-23-25-27-29-31-33-39-53-82-64(56-85-71(79)84-55-38-14-11-8-3)68(83-54-40-34-32-30-28-26-24-22-20-18-16-13-10-7-2)74-88-67-66(77)63(87-69(67)75-52-51-65(76)73-70(75)78)57-86-72(58-41-36-35-37-42-58,59-43-47-61(80-4)48-44-59)60-45-49-62(81-5)50-46-60/h35-37,41-52,63-64,66-69,74,77H,6-34,38-40,53-57H2,1-5H3,(H,73,76,78)/t63-,64?,66-,67-,68?,69-/m1/s1. The fraction of sp³-hybridized carbons (Fsp3) is 0.681. The largest absolute Gasteiger partial charge is 0.508 e. The molecule has 2 unspecified atom stereocenters. The first-order valence-corrected chi connectivity index (χ1v) is 34.3. The van der Waals surface area contributed by atoms with Gasteiger partial charge in [0.05, 0.1) is 27.4 Å². The summed E-state index contributed by atoms with van der Waals surface area (Å²) in [7, 11) is 3.22. The quantitative estimate of drug-likeness (QED) is 0.0125. The summed E-state index contributed by atoms with van der Waals surface area (Å²) in [6.07, 6.45) is 31.4. The summed E-state index contributed by atoms with van der Waals surface area (Å²) in [6.45, 7) is 7.18. The molecule has 16 heteroatoms. The van der Waals surface area contributed by atoms with E-state index in [1.807, 2.05) is 78.9 Å². The van der Waals surface area contributed by atoms with Crippen LogP contribution in [0.25, 0.3) is 0 Å². The Morgan fingerprint density at radius 2 is 0.989 bits per heavy atom. The Bertz CT molecular complexity index is 2440. The van der Waals surface area contributed by atoms with Gasteiger partial charge in [0.25, 0.3) is 5.56 Å². The molecule has 1 aliphatic rings. The number of aliphatic hydroxyl groups excluding tert-OH is 1. The van der Waals surface area contributed by atoms with Crippen LogP contribution in [0.4, 0.5) is 4.79 Å². The Morgan fingerprint density at radius 3 is 1.45 bits per heavy atom. The molecule has 1 aromatic heterocycles. The number of nitrogens with zero attached hydrogens (tertiary/aromatic N) is 1. The maximum atomic E-state index is 13.7. The van der Waals surface area contributed by atoms with Gasteiger partial charge in [0, 0.05) is 25.5 Å². The van der Waals surface area contributed by atoms with Crippen LogP contribution in [0.3, 0.4) is 0 Å². The van der Waals surface area contributed by atoms with Gasteiger partial charge in [-0.25, -0.2) is 9.59 Å². The third-order valence-electron chi connectivity index (χ3n) is 16.9. The third-order valence-corrected chi connectivity index (χ3v) is 16.9. The van der Waals surface area contributed by atoms with Crippen molar-refractivity contribution in [1.29, 1.82) is 0 Å². The van der Waals surface area contributed by atoms with Crippen molar-refractivity contribution in [2.45, 2.75) is 269 Å². The second kappa shape index (κ2) is 45.2. The Morgan fingerprint density at radius 1 is 0.557 bits per heavy atom. The predicted octanol–water partition coefficient (Wildman–Crippen LogP) is 16.1. The highest BCUT2D eigenvalue weighted by molar-refractivity contribution is 5.59. The molecule has 0 radical (unpaired) electrons. The van der Waals surface area contributed by atoms with Gasteiger partial charge < -0.3 is 43.0 Å². The minimum absolute atomic E-state index is 0.207. The summed E-state index contributed by atoms with van der Waals surface area (Å²) >= 11 is 0. The van der Waals surface area contributed by atoms with E-state index in [1.54, 1.807) is 14.2 Å². The first-order chi connectivity index (χ1) is 43.2. The van der Waals surface area contributed by atoms with E-state index in [1.165, 1.54) is 152 Å². The Balaban J connectivity index is 1.35. The van der Waals surface area contributed by atoms with Crippen LogP contribution in [0, 0.1) is 0 Å². The van der Waals surface area contributed by atoms with Crippen molar-refractivity contribution in [3.8, 4) is 11.5 Å². The Labute approximate surface area is 527 Å². The maximum Gasteiger partial charge on any atom is 0.508 e. The molecule has 1 aliphatic heterocycles. The molecular weight excluding hydrogens is 1110 g/mol. The first kappa shape index (κ1) is 73.7. The highest BCUT2D eigenvalue weighted by Gasteiger charge is 2.49. The van der Waals surface area contributed by atoms with Crippen molar-refractivity contribution in [3.63, 3.8) is 0 Å². The molecule has 0 amide bonds. The number of aliphatic hydroxyl groups is 1. The van der Waals surface area contributed by atoms with E-state index >= 15 is 0 Å². The molecule has 1 fully saturated rings. The number of carbonyl (C=O) groups is 1. The van der Waals surface area contributed by atoms with Crippen molar-refractivity contribution < 1.29 is 52.6 Å². The number of nitrogens with one attached hydrogen (secondary N) is 2. The molecule has 2 heterocycles. The molecule has 0 saturated carbocycles. The fourth-order valence-electron chi connectivity index (χ4n) is 11.6. The number of methoxy groups -OCH3 is 2. The molecule has 16 nitrogen and oxygen atoms in total. The van der Waals surface area contributed by atoms with Crippen LogP contribution >= 0.6 is 0 Å². The zero-order valence-corrected chi connectivity index (χ0v) is 54.6. The van der Waals surface area contributed by atoms with E-state index in [4.69, 9.17) is 42.7 Å². The van der Waals surface area contributed by atoms with Gasteiger partial charge in [-0.15, -0.1) is 0 Å².